The predicted octanol–water partition coefficient (Wildman–Crippen LogP) is 5.31. The molecule has 0 aliphatic carbocycles. The van der Waals surface area contributed by atoms with Gasteiger partial charge in [0.15, 0.2) is 6.10 Å². The second kappa shape index (κ2) is 9.06. The van der Waals surface area contributed by atoms with Crippen LogP contribution in [0.3, 0.4) is 0 Å². The van der Waals surface area contributed by atoms with Gasteiger partial charge >= 0.3 is 0 Å². The summed E-state index contributed by atoms with van der Waals surface area (Å²) in [4.78, 5) is 26.9. The Morgan fingerprint density at radius 3 is 2.61 bits per heavy atom. The van der Waals surface area contributed by atoms with Gasteiger partial charge in [-0.1, -0.05) is 60.1 Å². The fourth-order valence-corrected chi connectivity index (χ4v) is 3.56. The van der Waals surface area contributed by atoms with Crippen molar-refractivity contribution >= 4 is 40.9 Å². The van der Waals surface area contributed by atoms with Crippen LogP contribution in [0.5, 0.6) is 5.75 Å². The zero-order chi connectivity index (χ0) is 21.8. The Morgan fingerprint density at radius 1 is 1.10 bits per heavy atom. The third-order valence-electron chi connectivity index (χ3n) is 4.95. The van der Waals surface area contributed by atoms with Crippen molar-refractivity contribution in [3.8, 4) is 5.75 Å². The summed E-state index contributed by atoms with van der Waals surface area (Å²) in [5, 5.41) is 3.43. The highest BCUT2D eigenvalue weighted by molar-refractivity contribution is 6.31. The highest BCUT2D eigenvalue weighted by atomic mass is 35.5. The standard InChI is InChI=1S/C25H21ClN2O3/c1-17-25(30)28(16-19-9-5-6-10-21(19)26)22-15-20(12-13-23(22)31-17)27-24(29)14-11-18-7-3-2-4-8-18/h2-15,17H,16H2,1H3,(H,27,29)/b14-11+. The zero-order valence-electron chi connectivity index (χ0n) is 16.9. The summed E-state index contributed by atoms with van der Waals surface area (Å²) in [5.74, 6) is 0.148. The van der Waals surface area contributed by atoms with E-state index in [1.165, 1.54) is 6.08 Å². The lowest BCUT2D eigenvalue weighted by Gasteiger charge is -2.33. The van der Waals surface area contributed by atoms with Crippen LogP contribution >= 0.6 is 11.6 Å². The molecule has 0 saturated heterocycles. The number of hydrogen-bond donors (Lipinski definition) is 1. The Morgan fingerprint density at radius 2 is 1.84 bits per heavy atom. The summed E-state index contributed by atoms with van der Waals surface area (Å²) >= 11 is 6.31. The minimum absolute atomic E-state index is 0.167. The Kier molecular flexibility index (Phi) is 6.05. The fraction of sp³-hybridized carbons (Fsp3) is 0.120. The van der Waals surface area contributed by atoms with E-state index in [2.05, 4.69) is 5.32 Å². The van der Waals surface area contributed by atoms with Gasteiger partial charge in [0, 0.05) is 16.8 Å². The molecule has 2 amide bonds. The molecule has 1 aliphatic heterocycles. The second-order valence-electron chi connectivity index (χ2n) is 7.19. The molecule has 1 aliphatic rings. The summed E-state index contributed by atoms with van der Waals surface area (Å²) in [6.45, 7) is 2.03. The number of rotatable bonds is 5. The lowest BCUT2D eigenvalue weighted by atomic mass is 10.1. The van der Waals surface area contributed by atoms with Gasteiger partial charge in [-0.2, -0.15) is 0 Å². The topological polar surface area (TPSA) is 58.6 Å². The second-order valence-corrected chi connectivity index (χ2v) is 7.60. The van der Waals surface area contributed by atoms with E-state index in [4.69, 9.17) is 16.3 Å². The van der Waals surface area contributed by atoms with Gasteiger partial charge in [-0.3, -0.25) is 9.59 Å². The minimum Gasteiger partial charge on any atom is -0.479 e. The molecule has 1 N–H and O–H groups in total. The first-order valence-corrected chi connectivity index (χ1v) is 10.3. The number of halogens is 1. The molecule has 1 atom stereocenters. The Bertz CT molecular complexity index is 1140. The van der Waals surface area contributed by atoms with Gasteiger partial charge in [-0.05, 0) is 48.4 Å². The number of benzene rings is 3. The molecule has 3 aromatic carbocycles. The molecule has 0 fully saturated rings. The van der Waals surface area contributed by atoms with Crippen molar-refractivity contribution in [1.29, 1.82) is 0 Å². The summed E-state index contributed by atoms with van der Waals surface area (Å²) < 4.78 is 5.76. The average molecular weight is 433 g/mol. The Balaban J connectivity index is 1.57. The van der Waals surface area contributed by atoms with Crippen LogP contribution in [0.2, 0.25) is 5.02 Å². The molecular formula is C25H21ClN2O3. The summed E-state index contributed by atoms with van der Waals surface area (Å²) in [6, 6.07) is 22.2. The molecule has 0 radical (unpaired) electrons. The summed E-state index contributed by atoms with van der Waals surface area (Å²) in [5.41, 5.74) is 2.92. The van der Waals surface area contributed by atoms with Crippen molar-refractivity contribution in [2.45, 2.75) is 19.6 Å². The number of carbonyl (C=O) groups excluding carboxylic acids is 2. The van der Waals surface area contributed by atoms with E-state index in [1.54, 1.807) is 42.2 Å². The molecule has 3 aromatic rings. The lowest BCUT2D eigenvalue weighted by Crippen LogP contribution is -2.44. The minimum atomic E-state index is -0.607. The van der Waals surface area contributed by atoms with Crippen LogP contribution in [0.4, 0.5) is 11.4 Å². The van der Waals surface area contributed by atoms with E-state index in [9.17, 15) is 9.59 Å². The van der Waals surface area contributed by atoms with Crippen LogP contribution in [0.15, 0.2) is 78.9 Å². The molecule has 0 spiro atoms. The molecule has 4 rings (SSSR count). The maximum Gasteiger partial charge on any atom is 0.268 e. The molecule has 0 saturated carbocycles. The predicted molar refractivity (Wildman–Crippen MR) is 123 cm³/mol. The van der Waals surface area contributed by atoms with Gasteiger partial charge in [-0.25, -0.2) is 0 Å². The number of hydrogen-bond acceptors (Lipinski definition) is 3. The van der Waals surface area contributed by atoms with Gasteiger partial charge in [0.1, 0.15) is 5.75 Å². The number of nitrogens with one attached hydrogen (secondary N) is 1. The largest absolute Gasteiger partial charge is 0.479 e. The van der Waals surface area contributed by atoms with Crippen molar-refractivity contribution in [3.05, 3.63) is 95.0 Å². The maximum absolute atomic E-state index is 12.9. The number of ether oxygens (including phenoxy) is 1. The van der Waals surface area contributed by atoms with E-state index < -0.39 is 6.10 Å². The zero-order valence-corrected chi connectivity index (χ0v) is 17.7. The van der Waals surface area contributed by atoms with Crippen LogP contribution in [0, 0.1) is 0 Å². The van der Waals surface area contributed by atoms with Crippen LogP contribution in [-0.2, 0) is 16.1 Å². The first-order chi connectivity index (χ1) is 15.0. The molecule has 6 heteroatoms. The van der Waals surface area contributed by atoms with Crippen LogP contribution in [-0.4, -0.2) is 17.9 Å². The molecular weight excluding hydrogens is 412 g/mol. The van der Waals surface area contributed by atoms with Gasteiger partial charge in [0.05, 0.1) is 12.2 Å². The first-order valence-electron chi connectivity index (χ1n) is 9.91. The molecule has 31 heavy (non-hydrogen) atoms. The number of anilines is 2. The molecule has 1 unspecified atom stereocenters. The quantitative estimate of drug-likeness (QED) is 0.556. The smallest absolute Gasteiger partial charge is 0.268 e. The van der Waals surface area contributed by atoms with Crippen LogP contribution in [0.1, 0.15) is 18.1 Å². The highest BCUT2D eigenvalue weighted by Crippen LogP contribution is 2.37. The monoisotopic (exact) mass is 432 g/mol. The van der Waals surface area contributed by atoms with E-state index >= 15 is 0 Å². The Labute approximate surface area is 185 Å². The van der Waals surface area contributed by atoms with Gasteiger partial charge < -0.3 is 15.0 Å². The highest BCUT2D eigenvalue weighted by Gasteiger charge is 2.32. The normalized spacial score (nSPS) is 15.5. The third-order valence-corrected chi connectivity index (χ3v) is 5.32. The van der Waals surface area contributed by atoms with Crippen molar-refractivity contribution in [3.63, 3.8) is 0 Å². The SMILES string of the molecule is CC1Oc2ccc(NC(=O)/C=C/c3ccccc3)cc2N(Cc2ccccc2Cl)C1=O. The molecule has 156 valence electrons. The summed E-state index contributed by atoms with van der Waals surface area (Å²) in [7, 11) is 0. The van der Waals surface area contributed by atoms with E-state index in [-0.39, 0.29) is 11.8 Å². The van der Waals surface area contributed by atoms with Crippen LogP contribution in [0.25, 0.3) is 6.08 Å². The fourth-order valence-electron chi connectivity index (χ4n) is 3.36. The van der Waals surface area contributed by atoms with E-state index in [1.807, 2.05) is 48.5 Å². The molecule has 1 heterocycles. The van der Waals surface area contributed by atoms with Crippen molar-refractivity contribution < 1.29 is 14.3 Å². The number of fused-ring (bicyclic) bond motifs is 1. The van der Waals surface area contributed by atoms with Gasteiger partial charge in [-0.15, -0.1) is 0 Å². The van der Waals surface area contributed by atoms with Crippen LogP contribution < -0.4 is 15.0 Å². The maximum atomic E-state index is 12.9. The lowest BCUT2D eigenvalue weighted by molar-refractivity contribution is -0.125. The van der Waals surface area contributed by atoms with Crippen molar-refractivity contribution in [2.75, 3.05) is 10.2 Å². The van der Waals surface area contributed by atoms with Crippen molar-refractivity contribution in [2.24, 2.45) is 0 Å². The van der Waals surface area contributed by atoms with E-state index in [0.29, 0.717) is 28.7 Å². The number of amides is 2. The summed E-state index contributed by atoms with van der Waals surface area (Å²) in [6.07, 6.45) is 2.61. The first kappa shape index (κ1) is 20.7. The third kappa shape index (κ3) is 4.78. The van der Waals surface area contributed by atoms with Gasteiger partial charge in [0.2, 0.25) is 5.91 Å². The molecule has 5 nitrogen and oxygen atoms in total. The number of carbonyl (C=O) groups is 2. The average Bonchev–Trinajstić information content (AvgIpc) is 2.78. The molecule has 0 bridgehead atoms. The Hall–Kier alpha value is -3.57. The van der Waals surface area contributed by atoms with Crippen molar-refractivity contribution in [1.82, 2.24) is 0 Å². The number of nitrogens with zero attached hydrogens (tertiary/aromatic N) is 1. The van der Waals surface area contributed by atoms with E-state index in [0.717, 1.165) is 11.1 Å². The van der Waals surface area contributed by atoms with Gasteiger partial charge in [0.25, 0.3) is 5.91 Å². The molecule has 0 aromatic heterocycles.